The Morgan fingerprint density at radius 1 is 0.879 bits per heavy atom. The summed E-state index contributed by atoms with van der Waals surface area (Å²) >= 11 is 0. The lowest BCUT2D eigenvalue weighted by Crippen LogP contribution is -2.32. The van der Waals surface area contributed by atoms with E-state index in [1.165, 1.54) is 36.4 Å². The highest BCUT2D eigenvalue weighted by atomic mass is 32.2. The Morgan fingerprint density at radius 3 is 2.15 bits per heavy atom. The number of aryl methyl sites for hydroxylation is 1. The van der Waals surface area contributed by atoms with E-state index in [1.807, 2.05) is 20.8 Å². The largest absolute Gasteiger partial charge is 0.350 e. The predicted octanol–water partition coefficient (Wildman–Crippen LogP) is 4.58. The number of amides is 2. The van der Waals surface area contributed by atoms with Crippen molar-refractivity contribution in [1.29, 1.82) is 0 Å². The number of hydrogen-bond donors (Lipinski definition) is 3. The molecule has 7 nitrogen and oxygen atoms in total. The normalized spacial score (nSPS) is 12.0. The Labute approximate surface area is 194 Å². The number of carbonyl (C=O) groups excluding carboxylic acids is 2. The van der Waals surface area contributed by atoms with Crippen LogP contribution in [0, 0.1) is 6.92 Å². The molecule has 3 aromatic carbocycles. The van der Waals surface area contributed by atoms with Crippen molar-refractivity contribution in [3.63, 3.8) is 0 Å². The van der Waals surface area contributed by atoms with Crippen molar-refractivity contribution in [2.75, 3.05) is 10.0 Å². The van der Waals surface area contributed by atoms with Crippen molar-refractivity contribution in [2.24, 2.45) is 0 Å². The molecule has 3 aromatic rings. The molecule has 0 fully saturated rings. The molecule has 0 unspecified atom stereocenters. The van der Waals surface area contributed by atoms with Crippen LogP contribution in [0.15, 0.2) is 77.7 Å². The van der Waals surface area contributed by atoms with Gasteiger partial charge in [-0.05, 0) is 68.8 Å². The van der Waals surface area contributed by atoms with Crippen LogP contribution in [0.25, 0.3) is 0 Å². The first-order valence-electron chi connectivity index (χ1n) is 10.6. The van der Waals surface area contributed by atoms with Crippen LogP contribution in [-0.2, 0) is 10.0 Å². The quantitative estimate of drug-likeness (QED) is 0.453. The third-order valence-electron chi connectivity index (χ3n) is 5.14. The second-order valence-electron chi connectivity index (χ2n) is 7.78. The molecule has 8 heteroatoms. The molecule has 1 atom stereocenters. The number of hydrogen-bond acceptors (Lipinski definition) is 4. The van der Waals surface area contributed by atoms with E-state index in [4.69, 9.17) is 0 Å². The number of rotatable bonds is 8. The molecule has 0 spiro atoms. The second-order valence-corrected chi connectivity index (χ2v) is 9.46. The number of benzene rings is 3. The van der Waals surface area contributed by atoms with Crippen molar-refractivity contribution >= 4 is 33.2 Å². The van der Waals surface area contributed by atoms with E-state index in [2.05, 4.69) is 15.4 Å². The van der Waals surface area contributed by atoms with Crippen LogP contribution < -0.4 is 15.4 Å². The molecule has 0 aromatic heterocycles. The van der Waals surface area contributed by atoms with Crippen molar-refractivity contribution in [3.8, 4) is 0 Å². The molecule has 0 saturated carbocycles. The van der Waals surface area contributed by atoms with Gasteiger partial charge in [0.05, 0.1) is 16.1 Å². The Bertz CT molecular complexity index is 1240. The van der Waals surface area contributed by atoms with Crippen LogP contribution in [0.4, 0.5) is 11.4 Å². The van der Waals surface area contributed by atoms with Crippen LogP contribution in [0.1, 0.15) is 46.5 Å². The third kappa shape index (κ3) is 6.20. The maximum Gasteiger partial charge on any atom is 0.261 e. The first kappa shape index (κ1) is 24.0. The van der Waals surface area contributed by atoms with Gasteiger partial charge in [-0.1, -0.05) is 36.8 Å². The number of nitrogens with one attached hydrogen (secondary N) is 3. The fourth-order valence-corrected chi connectivity index (χ4v) is 4.07. The van der Waals surface area contributed by atoms with Crippen LogP contribution in [-0.4, -0.2) is 26.3 Å². The van der Waals surface area contributed by atoms with Crippen molar-refractivity contribution in [1.82, 2.24) is 5.32 Å². The molecule has 0 heterocycles. The minimum atomic E-state index is -3.73. The SMILES string of the molecule is CC[C@H](C)NC(=O)c1ccccc1NC(=O)c1ccc(NS(=O)(=O)c2ccc(C)cc2)cc1. The summed E-state index contributed by atoms with van der Waals surface area (Å²) in [5, 5.41) is 5.65. The number of sulfonamides is 1. The highest BCUT2D eigenvalue weighted by Crippen LogP contribution is 2.20. The van der Waals surface area contributed by atoms with Gasteiger partial charge < -0.3 is 10.6 Å². The molecule has 0 bridgehead atoms. The second kappa shape index (κ2) is 10.3. The monoisotopic (exact) mass is 465 g/mol. The molecular formula is C25H27N3O4S. The van der Waals surface area contributed by atoms with Gasteiger partial charge in [0, 0.05) is 17.3 Å². The Morgan fingerprint density at radius 2 is 1.52 bits per heavy atom. The minimum Gasteiger partial charge on any atom is -0.350 e. The molecule has 3 N–H and O–H groups in total. The first-order valence-corrected chi connectivity index (χ1v) is 12.1. The summed E-state index contributed by atoms with van der Waals surface area (Å²) in [7, 11) is -3.73. The van der Waals surface area contributed by atoms with Gasteiger partial charge in [-0.2, -0.15) is 0 Å². The van der Waals surface area contributed by atoms with Crippen molar-refractivity contribution in [3.05, 3.63) is 89.5 Å². The summed E-state index contributed by atoms with van der Waals surface area (Å²) in [6.45, 7) is 5.76. The predicted molar refractivity (Wildman–Crippen MR) is 130 cm³/mol. The molecule has 0 aliphatic heterocycles. The Hall–Kier alpha value is -3.65. The molecule has 0 aliphatic carbocycles. The van der Waals surface area contributed by atoms with E-state index < -0.39 is 15.9 Å². The van der Waals surface area contributed by atoms with Gasteiger partial charge in [0.2, 0.25) is 0 Å². The van der Waals surface area contributed by atoms with Gasteiger partial charge in [-0.15, -0.1) is 0 Å². The number of carbonyl (C=O) groups is 2. The first-order chi connectivity index (χ1) is 15.7. The molecule has 0 saturated heterocycles. The van der Waals surface area contributed by atoms with E-state index in [1.54, 1.807) is 36.4 Å². The zero-order valence-electron chi connectivity index (χ0n) is 18.8. The zero-order chi connectivity index (χ0) is 24.0. The molecule has 0 aliphatic rings. The topological polar surface area (TPSA) is 104 Å². The zero-order valence-corrected chi connectivity index (χ0v) is 19.6. The average Bonchev–Trinajstić information content (AvgIpc) is 2.79. The third-order valence-corrected chi connectivity index (χ3v) is 6.54. The summed E-state index contributed by atoms with van der Waals surface area (Å²) < 4.78 is 27.6. The van der Waals surface area contributed by atoms with E-state index >= 15 is 0 Å². The minimum absolute atomic E-state index is 0.0116. The fourth-order valence-electron chi connectivity index (χ4n) is 3.01. The standard InChI is InChI=1S/C25H27N3O4S/c1-4-18(3)26-25(30)22-7-5-6-8-23(22)27-24(29)19-11-13-20(14-12-19)28-33(31,32)21-15-9-17(2)10-16-21/h5-16,18,28H,4H2,1-3H3,(H,26,30)(H,27,29)/t18-/m0/s1. The van der Waals surface area contributed by atoms with E-state index in [0.29, 0.717) is 22.5 Å². The van der Waals surface area contributed by atoms with Crippen molar-refractivity contribution < 1.29 is 18.0 Å². The highest BCUT2D eigenvalue weighted by Gasteiger charge is 2.17. The summed E-state index contributed by atoms with van der Waals surface area (Å²) in [6, 6.07) is 19.4. The van der Waals surface area contributed by atoms with Crippen molar-refractivity contribution in [2.45, 2.75) is 38.1 Å². The van der Waals surface area contributed by atoms with E-state index in [9.17, 15) is 18.0 Å². The van der Waals surface area contributed by atoms with Crippen LogP contribution >= 0.6 is 0 Å². The van der Waals surface area contributed by atoms with Crippen LogP contribution in [0.2, 0.25) is 0 Å². The van der Waals surface area contributed by atoms with E-state index in [-0.39, 0.29) is 16.8 Å². The Balaban J connectivity index is 1.71. The molecule has 33 heavy (non-hydrogen) atoms. The lowest BCUT2D eigenvalue weighted by Gasteiger charge is -2.15. The smallest absolute Gasteiger partial charge is 0.261 e. The summed E-state index contributed by atoms with van der Waals surface area (Å²) in [5.41, 5.74) is 2.38. The lowest BCUT2D eigenvalue weighted by atomic mass is 10.1. The average molecular weight is 466 g/mol. The highest BCUT2D eigenvalue weighted by molar-refractivity contribution is 7.92. The number of anilines is 2. The number of para-hydroxylation sites is 1. The molecule has 172 valence electrons. The van der Waals surface area contributed by atoms with E-state index in [0.717, 1.165) is 12.0 Å². The van der Waals surface area contributed by atoms with Crippen LogP contribution in [0.3, 0.4) is 0 Å². The van der Waals surface area contributed by atoms with Gasteiger partial charge in [-0.3, -0.25) is 14.3 Å². The van der Waals surface area contributed by atoms with Gasteiger partial charge in [0.25, 0.3) is 21.8 Å². The van der Waals surface area contributed by atoms with Gasteiger partial charge in [0.15, 0.2) is 0 Å². The van der Waals surface area contributed by atoms with Crippen LogP contribution in [0.5, 0.6) is 0 Å². The summed E-state index contributed by atoms with van der Waals surface area (Å²) in [4.78, 5) is 25.4. The van der Waals surface area contributed by atoms with Gasteiger partial charge >= 0.3 is 0 Å². The Kier molecular flexibility index (Phi) is 7.50. The fraction of sp³-hybridized carbons (Fsp3) is 0.200. The maximum absolute atomic E-state index is 12.7. The molecule has 0 radical (unpaired) electrons. The molecule has 3 rings (SSSR count). The lowest BCUT2D eigenvalue weighted by molar-refractivity contribution is 0.0940. The summed E-state index contributed by atoms with van der Waals surface area (Å²) in [6.07, 6.45) is 0.792. The summed E-state index contributed by atoms with van der Waals surface area (Å²) in [5.74, 6) is -0.673. The van der Waals surface area contributed by atoms with Gasteiger partial charge in [0.1, 0.15) is 0 Å². The maximum atomic E-state index is 12.7. The van der Waals surface area contributed by atoms with Gasteiger partial charge in [-0.25, -0.2) is 8.42 Å². The molecular weight excluding hydrogens is 438 g/mol. The molecule has 2 amide bonds.